The Morgan fingerprint density at radius 1 is 1.42 bits per heavy atom. The predicted molar refractivity (Wildman–Crippen MR) is 92.5 cm³/mol. The lowest BCUT2D eigenvalue weighted by Gasteiger charge is -2.52. The van der Waals surface area contributed by atoms with E-state index in [2.05, 4.69) is 18.5 Å². The third kappa shape index (κ3) is 2.62. The number of rotatable bonds is 4. The van der Waals surface area contributed by atoms with Crippen LogP contribution in [0.2, 0.25) is 0 Å². The lowest BCUT2D eigenvalue weighted by molar-refractivity contribution is -0.133. The van der Waals surface area contributed by atoms with E-state index in [9.17, 15) is 9.59 Å². The second kappa shape index (κ2) is 6.75. The first-order valence-electron chi connectivity index (χ1n) is 8.76. The summed E-state index contributed by atoms with van der Waals surface area (Å²) in [5, 5.41) is 0. The van der Waals surface area contributed by atoms with Crippen LogP contribution in [0.1, 0.15) is 49.4 Å². The fraction of sp³-hybridized carbons (Fsp3) is 0.526. The Hall–Kier alpha value is -2.17. The summed E-state index contributed by atoms with van der Waals surface area (Å²) < 4.78 is 0. The number of amides is 2. The minimum absolute atomic E-state index is 0.0428. The van der Waals surface area contributed by atoms with E-state index in [0.717, 1.165) is 32.2 Å². The number of carbonyl (C=O) groups is 2. The van der Waals surface area contributed by atoms with Gasteiger partial charge in [-0.05, 0) is 37.8 Å². The molecule has 2 atom stereocenters. The van der Waals surface area contributed by atoms with Crippen molar-refractivity contribution >= 4 is 11.8 Å². The van der Waals surface area contributed by atoms with Crippen LogP contribution >= 0.6 is 0 Å². The average molecular weight is 327 g/mol. The van der Waals surface area contributed by atoms with Crippen LogP contribution in [0.25, 0.3) is 0 Å². The van der Waals surface area contributed by atoms with E-state index in [-0.39, 0.29) is 23.4 Å². The van der Waals surface area contributed by atoms with Crippen molar-refractivity contribution in [1.82, 2.24) is 14.8 Å². The molecule has 5 nitrogen and oxygen atoms in total. The first kappa shape index (κ1) is 16.7. The van der Waals surface area contributed by atoms with E-state index < -0.39 is 0 Å². The van der Waals surface area contributed by atoms with Crippen LogP contribution in [-0.2, 0) is 4.79 Å². The molecule has 0 aliphatic carbocycles. The number of nitrogens with zero attached hydrogens (tertiary/aromatic N) is 3. The van der Waals surface area contributed by atoms with Crippen molar-refractivity contribution in [3.8, 4) is 0 Å². The van der Waals surface area contributed by atoms with Crippen LogP contribution < -0.4 is 0 Å². The predicted octanol–water partition coefficient (Wildman–Crippen LogP) is 2.64. The van der Waals surface area contributed by atoms with Crippen molar-refractivity contribution in [2.45, 2.75) is 50.6 Å². The summed E-state index contributed by atoms with van der Waals surface area (Å²) >= 11 is 0. The average Bonchev–Trinajstić information content (AvgIpc) is 2.92. The van der Waals surface area contributed by atoms with Gasteiger partial charge in [-0.2, -0.15) is 0 Å². The number of pyridine rings is 1. The number of hydrogen-bond donors (Lipinski definition) is 0. The van der Waals surface area contributed by atoms with E-state index in [0.29, 0.717) is 18.5 Å². The molecule has 24 heavy (non-hydrogen) atoms. The molecule has 3 rings (SSSR count). The maximum Gasteiger partial charge on any atom is 0.254 e. The molecule has 3 heterocycles. The molecule has 0 unspecified atom stereocenters. The molecule has 2 aliphatic heterocycles. The maximum absolute atomic E-state index is 13.0. The van der Waals surface area contributed by atoms with Gasteiger partial charge in [-0.25, -0.2) is 0 Å². The Labute approximate surface area is 143 Å². The highest BCUT2D eigenvalue weighted by molar-refractivity contribution is 5.94. The summed E-state index contributed by atoms with van der Waals surface area (Å²) in [6.45, 7) is 7.23. The number of hydrogen-bond acceptors (Lipinski definition) is 3. The second-order valence-electron chi connectivity index (χ2n) is 6.66. The van der Waals surface area contributed by atoms with Gasteiger partial charge < -0.3 is 9.80 Å². The van der Waals surface area contributed by atoms with Crippen molar-refractivity contribution in [3.63, 3.8) is 0 Å². The second-order valence-corrected chi connectivity index (χ2v) is 6.66. The zero-order valence-corrected chi connectivity index (χ0v) is 14.3. The van der Waals surface area contributed by atoms with E-state index in [1.54, 1.807) is 30.6 Å². The molecule has 2 fully saturated rings. The highest BCUT2D eigenvalue weighted by atomic mass is 16.2. The number of carbonyl (C=O) groups excluding carboxylic acids is 2. The standard InChI is InChI=1S/C19H25N3O2/c1-3-13-22-17(23)6-10-19(22)9-5-14-21(16(19)4-2)18(24)15-7-11-20-12-8-15/h3,7-8,11-12,16H,1,4-6,9-10,13-14H2,2H3/t16-,19-/m0/s1. The third-order valence-corrected chi connectivity index (χ3v) is 5.50. The van der Waals surface area contributed by atoms with Gasteiger partial charge >= 0.3 is 0 Å². The van der Waals surface area contributed by atoms with Crippen molar-refractivity contribution < 1.29 is 9.59 Å². The number of piperidine rings is 1. The fourth-order valence-electron chi connectivity index (χ4n) is 4.53. The first-order chi connectivity index (χ1) is 11.6. The quantitative estimate of drug-likeness (QED) is 0.799. The third-order valence-electron chi connectivity index (χ3n) is 5.50. The molecular weight excluding hydrogens is 302 g/mol. The van der Waals surface area contributed by atoms with Crippen molar-refractivity contribution in [3.05, 3.63) is 42.7 Å². The SMILES string of the molecule is C=CCN1C(=O)CC[C@]12CCCN(C(=O)c1ccncc1)[C@H]2CC. The molecule has 0 saturated carbocycles. The van der Waals surface area contributed by atoms with Gasteiger partial charge in [-0.3, -0.25) is 14.6 Å². The molecule has 0 N–H and O–H groups in total. The molecule has 2 amide bonds. The molecule has 128 valence electrons. The highest BCUT2D eigenvalue weighted by Crippen LogP contribution is 2.43. The molecule has 2 saturated heterocycles. The molecule has 1 spiro atoms. The van der Waals surface area contributed by atoms with Gasteiger partial charge in [-0.15, -0.1) is 6.58 Å². The van der Waals surface area contributed by atoms with Crippen LogP contribution in [0.4, 0.5) is 0 Å². The molecule has 1 aromatic heterocycles. The van der Waals surface area contributed by atoms with E-state index in [1.807, 2.05) is 9.80 Å². The molecule has 2 aliphatic rings. The van der Waals surface area contributed by atoms with Crippen LogP contribution in [0.5, 0.6) is 0 Å². The lowest BCUT2D eigenvalue weighted by atomic mass is 9.77. The van der Waals surface area contributed by atoms with Crippen LogP contribution in [-0.4, -0.2) is 51.3 Å². The molecule has 0 radical (unpaired) electrons. The van der Waals surface area contributed by atoms with Gasteiger partial charge in [0, 0.05) is 37.5 Å². The van der Waals surface area contributed by atoms with Gasteiger partial charge in [0.25, 0.3) is 5.91 Å². The Bertz CT molecular complexity index is 631. The highest BCUT2D eigenvalue weighted by Gasteiger charge is 2.53. The molecule has 5 heteroatoms. The van der Waals surface area contributed by atoms with Gasteiger partial charge in [0.15, 0.2) is 0 Å². The Balaban J connectivity index is 1.94. The van der Waals surface area contributed by atoms with E-state index >= 15 is 0 Å². The topological polar surface area (TPSA) is 53.5 Å². The number of aromatic nitrogens is 1. The summed E-state index contributed by atoms with van der Waals surface area (Å²) in [7, 11) is 0. The first-order valence-corrected chi connectivity index (χ1v) is 8.76. The summed E-state index contributed by atoms with van der Waals surface area (Å²) in [5.74, 6) is 0.229. The van der Waals surface area contributed by atoms with Crippen LogP contribution in [0, 0.1) is 0 Å². The lowest BCUT2D eigenvalue weighted by Crippen LogP contribution is -2.64. The molecule has 1 aromatic rings. The van der Waals surface area contributed by atoms with Crippen molar-refractivity contribution in [1.29, 1.82) is 0 Å². The van der Waals surface area contributed by atoms with E-state index in [4.69, 9.17) is 0 Å². The Morgan fingerprint density at radius 3 is 2.83 bits per heavy atom. The summed E-state index contributed by atoms with van der Waals surface area (Å²) in [6.07, 6.45) is 9.23. The molecular formula is C19H25N3O2. The smallest absolute Gasteiger partial charge is 0.254 e. The van der Waals surface area contributed by atoms with Gasteiger partial charge in [0.2, 0.25) is 5.91 Å². The maximum atomic E-state index is 13.0. The van der Waals surface area contributed by atoms with Gasteiger partial charge in [-0.1, -0.05) is 13.0 Å². The summed E-state index contributed by atoms with van der Waals surface area (Å²) in [6, 6.07) is 3.58. The van der Waals surface area contributed by atoms with Crippen molar-refractivity contribution in [2.24, 2.45) is 0 Å². The molecule has 0 bridgehead atoms. The van der Waals surface area contributed by atoms with Gasteiger partial charge in [0.05, 0.1) is 11.6 Å². The number of likely N-dealkylation sites (tertiary alicyclic amines) is 2. The summed E-state index contributed by atoms with van der Waals surface area (Å²) in [4.78, 5) is 33.4. The minimum atomic E-state index is -0.235. The molecule has 0 aromatic carbocycles. The van der Waals surface area contributed by atoms with Crippen molar-refractivity contribution in [2.75, 3.05) is 13.1 Å². The normalized spacial score (nSPS) is 26.9. The van der Waals surface area contributed by atoms with Crippen LogP contribution in [0.3, 0.4) is 0 Å². The monoisotopic (exact) mass is 327 g/mol. The zero-order valence-electron chi connectivity index (χ0n) is 14.3. The van der Waals surface area contributed by atoms with Gasteiger partial charge in [0.1, 0.15) is 0 Å². The zero-order chi connectivity index (χ0) is 17.2. The summed E-state index contributed by atoms with van der Waals surface area (Å²) in [5.41, 5.74) is 0.432. The van der Waals surface area contributed by atoms with E-state index in [1.165, 1.54) is 0 Å². The Morgan fingerprint density at radius 2 is 2.17 bits per heavy atom. The Kier molecular flexibility index (Phi) is 4.69. The fourth-order valence-corrected chi connectivity index (χ4v) is 4.53. The minimum Gasteiger partial charge on any atom is -0.333 e. The van der Waals surface area contributed by atoms with Crippen LogP contribution in [0.15, 0.2) is 37.2 Å². The largest absolute Gasteiger partial charge is 0.333 e.